The summed E-state index contributed by atoms with van der Waals surface area (Å²) in [6.45, 7) is 9.66. The van der Waals surface area contributed by atoms with Crippen molar-refractivity contribution in [3.05, 3.63) is 0 Å². The molecule has 0 radical (unpaired) electrons. The van der Waals surface area contributed by atoms with Crippen LogP contribution in [0.4, 0.5) is 0 Å². The molecule has 4 heteroatoms. The Balaban J connectivity index is 5.25. The molecule has 0 heterocycles. The zero-order valence-electron chi connectivity index (χ0n) is 11.5. The van der Waals surface area contributed by atoms with Crippen molar-refractivity contribution < 1.29 is 19.1 Å². The van der Waals surface area contributed by atoms with Crippen LogP contribution in [-0.2, 0) is 19.1 Å². The molecule has 0 aromatic carbocycles. The quantitative estimate of drug-likeness (QED) is 0.510. The van der Waals surface area contributed by atoms with Crippen LogP contribution in [0, 0.1) is 11.3 Å². The number of hydrogen-bond donors (Lipinski definition) is 0. The van der Waals surface area contributed by atoms with Crippen LogP contribution in [0.5, 0.6) is 0 Å². The van der Waals surface area contributed by atoms with Crippen molar-refractivity contribution in [2.24, 2.45) is 11.3 Å². The molecule has 0 aromatic heterocycles. The number of rotatable bonds is 7. The predicted octanol–water partition coefficient (Wildman–Crippen LogP) is 2.56. The highest BCUT2D eigenvalue weighted by molar-refractivity contribution is 6.00. The summed E-state index contributed by atoms with van der Waals surface area (Å²) in [5, 5.41) is 0. The maximum absolute atomic E-state index is 12.1. The van der Waals surface area contributed by atoms with Crippen LogP contribution in [0.3, 0.4) is 0 Å². The number of carbonyl (C=O) groups excluding carboxylic acids is 2. The van der Waals surface area contributed by atoms with Crippen LogP contribution in [0.1, 0.15) is 47.5 Å². The molecule has 0 bridgehead atoms. The monoisotopic (exact) mass is 244 g/mol. The number of hydrogen-bond acceptors (Lipinski definition) is 4. The smallest absolute Gasteiger partial charge is 0.323 e. The number of esters is 2. The lowest BCUT2D eigenvalue weighted by Gasteiger charge is -2.32. The molecule has 4 nitrogen and oxygen atoms in total. The van der Waals surface area contributed by atoms with Gasteiger partial charge in [0.25, 0.3) is 0 Å². The van der Waals surface area contributed by atoms with Crippen LogP contribution in [0.15, 0.2) is 0 Å². The second kappa shape index (κ2) is 7.30. The molecule has 0 saturated carbocycles. The lowest BCUT2D eigenvalue weighted by atomic mass is 9.73. The standard InChI is InChI=1S/C13H24O4/c1-6-9-13(10(4)5,11(14)16-7-2)12(15)17-8-3/h10H,6-9H2,1-5H3. The lowest BCUT2D eigenvalue weighted by Crippen LogP contribution is -2.46. The third-order valence-corrected chi connectivity index (χ3v) is 2.91. The summed E-state index contributed by atoms with van der Waals surface area (Å²) >= 11 is 0. The molecular weight excluding hydrogens is 220 g/mol. The summed E-state index contributed by atoms with van der Waals surface area (Å²) in [6.07, 6.45) is 1.19. The van der Waals surface area contributed by atoms with Crippen LogP contribution in [-0.4, -0.2) is 25.2 Å². The van der Waals surface area contributed by atoms with Crippen LogP contribution in [0.2, 0.25) is 0 Å². The van der Waals surface area contributed by atoms with Gasteiger partial charge in [-0.1, -0.05) is 27.2 Å². The molecule has 0 fully saturated rings. The third-order valence-electron chi connectivity index (χ3n) is 2.91. The van der Waals surface area contributed by atoms with Gasteiger partial charge in [0.15, 0.2) is 5.41 Å². The summed E-state index contributed by atoms with van der Waals surface area (Å²) in [7, 11) is 0. The predicted molar refractivity (Wildman–Crippen MR) is 65.4 cm³/mol. The van der Waals surface area contributed by atoms with Gasteiger partial charge in [0.05, 0.1) is 13.2 Å². The summed E-state index contributed by atoms with van der Waals surface area (Å²) in [4.78, 5) is 24.2. The Labute approximate surface area is 104 Å². The second-order valence-corrected chi connectivity index (χ2v) is 4.32. The zero-order chi connectivity index (χ0) is 13.5. The van der Waals surface area contributed by atoms with Crippen molar-refractivity contribution >= 4 is 11.9 Å². The Morgan fingerprint density at radius 2 is 1.41 bits per heavy atom. The molecule has 0 aliphatic rings. The van der Waals surface area contributed by atoms with Crippen LogP contribution < -0.4 is 0 Å². The molecule has 0 unspecified atom stereocenters. The summed E-state index contributed by atoms with van der Waals surface area (Å²) in [6, 6.07) is 0. The Morgan fingerprint density at radius 1 is 1.00 bits per heavy atom. The fraction of sp³-hybridized carbons (Fsp3) is 0.846. The second-order valence-electron chi connectivity index (χ2n) is 4.32. The highest BCUT2D eigenvalue weighted by atomic mass is 16.6. The van der Waals surface area contributed by atoms with E-state index in [2.05, 4.69) is 0 Å². The molecule has 100 valence electrons. The zero-order valence-corrected chi connectivity index (χ0v) is 11.5. The van der Waals surface area contributed by atoms with E-state index in [1.54, 1.807) is 13.8 Å². The van der Waals surface area contributed by atoms with E-state index in [9.17, 15) is 9.59 Å². The fourth-order valence-electron chi connectivity index (χ4n) is 1.96. The third kappa shape index (κ3) is 3.45. The lowest BCUT2D eigenvalue weighted by molar-refractivity contribution is -0.176. The normalized spacial score (nSPS) is 11.4. The van der Waals surface area contributed by atoms with Crippen molar-refractivity contribution in [2.75, 3.05) is 13.2 Å². The molecule has 0 saturated heterocycles. The largest absolute Gasteiger partial charge is 0.465 e. The SMILES string of the molecule is CCCC(C(=O)OCC)(C(=O)OCC)C(C)C. The van der Waals surface area contributed by atoms with Gasteiger partial charge in [-0.25, -0.2) is 0 Å². The van der Waals surface area contributed by atoms with Crippen molar-refractivity contribution in [2.45, 2.75) is 47.5 Å². The van der Waals surface area contributed by atoms with E-state index in [1.807, 2.05) is 20.8 Å². The van der Waals surface area contributed by atoms with Gasteiger partial charge in [0.2, 0.25) is 0 Å². The Morgan fingerprint density at radius 3 is 1.65 bits per heavy atom. The molecule has 0 atom stereocenters. The van der Waals surface area contributed by atoms with E-state index in [0.29, 0.717) is 6.42 Å². The highest BCUT2D eigenvalue weighted by Gasteiger charge is 2.50. The van der Waals surface area contributed by atoms with Crippen molar-refractivity contribution in [3.63, 3.8) is 0 Å². The van der Waals surface area contributed by atoms with Gasteiger partial charge in [-0.2, -0.15) is 0 Å². The van der Waals surface area contributed by atoms with Gasteiger partial charge in [-0.05, 0) is 26.2 Å². The number of carbonyl (C=O) groups is 2. The molecule has 0 spiro atoms. The Hall–Kier alpha value is -1.06. The van der Waals surface area contributed by atoms with Crippen LogP contribution in [0.25, 0.3) is 0 Å². The van der Waals surface area contributed by atoms with Crippen molar-refractivity contribution in [3.8, 4) is 0 Å². The molecule has 0 aliphatic heterocycles. The van der Waals surface area contributed by atoms with Crippen LogP contribution >= 0.6 is 0 Å². The van der Waals surface area contributed by atoms with Gasteiger partial charge in [-0.3, -0.25) is 9.59 Å². The molecule has 0 amide bonds. The first-order valence-electron chi connectivity index (χ1n) is 6.31. The maximum Gasteiger partial charge on any atom is 0.323 e. The number of ether oxygens (including phenoxy) is 2. The molecular formula is C13H24O4. The first kappa shape index (κ1) is 15.9. The molecule has 0 aliphatic carbocycles. The summed E-state index contributed by atoms with van der Waals surface area (Å²) in [5.74, 6) is -1.06. The molecule has 0 rings (SSSR count). The van der Waals surface area contributed by atoms with Gasteiger partial charge in [0.1, 0.15) is 0 Å². The molecule has 0 N–H and O–H groups in total. The van der Waals surface area contributed by atoms with Gasteiger partial charge < -0.3 is 9.47 Å². The first-order valence-corrected chi connectivity index (χ1v) is 6.31. The highest BCUT2D eigenvalue weighted by Crippen LogP contribution is 2.36. The van der Waals surface area contributed by atoms with Gasteiger partial charge in [-0.15, -0.1) is 0 Å². The topological polar surface area (TPSA) is 52.6 Å². The van der Waals surface area contributed by atoms with Gasteiger partial charge in [0, 0.05) is 0 Å². The Bertz CT molecular complexity index is 240. The average Bonchev–Trinajstić information content (AvgIpc) is 2.25. The van der Waals surface area contributed by atoms with E-state index in [-0.39, 0.29) is 19.1 Å². The average molecular weight is 244 g/mol. The minimum atomic E-state index is -1.15. The summed E-state index contributed by atoms with van der Waals surface area (Å²) in [5.41, 5.74) is -1.15. The Kier molecular flexibility index (Phi) is 6.85. The maximum atomic E-state index is 12.1. The minimum absolute atomic E-state index is 0.138. The van der Waals surface area contributed by atoms with Crippen molar-refractivity contribution in [1.82, 2.24) is 0 Å². The summed E-state index contributed by atoms with van der Waals surface area (Å²) < 4.78 is 10.1. The minimum Gasteiger partial charge on any atom is -0.465 e. The van der Waals surface area contributed by atoms with E-state index < -0.39 is 17.4 Å². The first-order chi connectivity index (χ1) is 7.97. The van der Waals surface area contributed by atoms with E-state index >= 15 is 0 Å². The molecule has 0 aromatic rings. The van der Waals surface area contributed by atoms with E-state index in [4.69, 9.17) is 9.47 Å². The molecule has 17 heavy (non-hydrogen) atoms. The van der Waals surface area contributed by atoms with E-state index in [1.165, 1.54) is 0 Å². The fourth-order valence-corrected chi connectivity index (χ4v) is 1.96. The van der Waals surface area contributed by atoms with Gasteiger partial charge >= 0.3 is 11.9 Å². The van der Waals surface area contributed by atoms with Crippen molar-refractivity contribution in [1.29, 1.82) is 0 Å². The van der Waals surface area contributed by atoms with E-state index in [0.717, 1.165) is 6.42 Å².